The molecule has 1 aliphatic rings. The first-order valence-electron chi connectivity index (χ1n) is 7.86. The minimum Gasteiger partial charge on any atom is -0.369 e. The summed E-state index contributed by atoms with van der Waals surface area (Å²) in [6, 6.07) is 5.33. The summed E-state index contributed by atoms with van der Waals surface area (Å²) in [5.74, 6) is 0.107. The Bertz CT molecular complexity index is 510. The molecule has 0 bridgehead atoms. The quantitative estimate of drug-likeness (QED) is 0.889. The highest BCUT2D eigenvalue weighted by Crippen LogP contribution is 2.48. The van der Waals surface area contributed by atoms with E-state index in [9.17, 15) is 4.39 Å². The summed E-state index contributed by atoms with van der Waals surface area (Å²) >= 11 is 0. The maximum Gasteiger partial charge on any atom is 0.128 e. The van der Waals surface area contributed by atoms with Crippen molar-refractivity contribution in [2.24, 2.45) is 5.92 Å². The van der Waals surface area contributed by atoms with Gasteiger partial charge in [0.05, 0.1) is 11.2 Å². The predicted octanol–water partition coefficient (Wildman–Crippen LogP) is 4.38. The average Bonchev–Trinajstić information content (AvgIpc) is 2.57. The molecule has 1 aromatic rings. The van der Waals surface area contributed by atoms with E-state index in [2.05, 4.69) is 39.9 Å². The van der Waals surface area contributed by atoms with Crippen LogP contribution in [0.5, 0.6) is 0 Å². The monoisotopic (exact) mass is 293 g/mol. The molecule has 2 nitrogen and oxygen atoms in total. The van der Waals surface area contributed by atoms with Gasteiger partial charge in [-0.3, -0.25) is 0 Å². The average molecular weight is 293 g/mol. The van der Waals surface area contributed by atoms with Crippen LogP contribution in [-0.2, 0) is 4.74 Å². The Labute approximate surface area is 128 Å². The largest absolute Gasteiger partial charge is 0.369 e. The van der Waals surface area contributed by atoms with Crippen LogP contribution in [0.1, 0.15) is 58.2 Å². The summed E-state index contributed by atoms with van der Waals surface area (Å²) < 4.78 is 20.6. The molecule has 2 unspecified atom stereocenters. The van der Waals surface area contributed by atoms with E-state index in [0.717, 1.165) is 24.1 Å². The van der Waals surface area contributed by atoms with Crippen LogP contribution in [0.15, 0.2) is 18.2 Å². The third-order valence-corrected chi connectivity index (χ3v) is 4.46. The van der Waals surface area contributed by atoms with Gasteiger partial charge in [-0.25, -0.2) is 4.39 Å². The standard InChI is InChI=1S/C18H28FNO/c1-7-20-16(13-10-12(2)8-9-15(13)19)14-11-17(3,4)21-18(14,5)6/h8-10,14,16,20H,7,11H2,1-6H3. The van der Waals surface area contributed by atoms with Crippen LogP contribution in [0.4, 0.5) is 4.39 Å². The fraction of sp³-hybridized carbons (Fsp3) is 0.667. The molecule has 0 amide bonds. The van der Waals surface area contributed by atoms with Crippen LogP contribution in [0, 0.1) is 18.7 Å². The van der Waals surface area contributed by atoms with Gasteiger partial charge in [0, 0.05) is 17.5 Å². The molecule has 21 heavy (non-hydrogen) atoms. The van der Waals surface area contributed by atoms with Gasteiger partial charge in [-0.2, -0.15) is 0 Å². The number of benzene rings is 1. The Hall–Kier alpha value is -0.930. The molecule has 1 saturated heterocycles. The van der Waals surface area contributed by atoms with Crippen molar-refractivity contribution in [1.82, 2.24) is 5.32 Å². The van der Waals surface area contributed by atoms with Gasteiger partial charge >= 0.3 is 0 Å². The maximum absolute atomic E-state index is 14.4. The van der Waals surface area contributed by atoms with Crippen LogP contribution in [-0.4, -0.2) is 17.7 Å². The van der Waals surface area contributed by atoms with Crippen LogP contribution >= 0.6 is 0 Å². The molecule has 0 radical (unpaired) electrons. The van der Waals surface area contributed by atoms with E-state index < -0.39 is 0 Å². The summed E-state index contributed by atoms with van der Waals surface area (Å²) in [4.78, 5) is 0. The molecule has 0 saturated carbocycles. The zero-order chi connectivity index (χ0) is 15.8. The lowest BCUT2D eigenvalue weighted by Crippen LogP contribution is -2.39. The lowest BCUT2D eigenvalue weighted by Gasteiger charge is -2.34. The van der Waals surface area contributed by atoms with E-state index in [-0.39, 0.29) is 29.0 Å². The van der Waals surface area contributed by atoms with Crippen molar-refractivity contribution in [3.8, 4) is 0 Å². The Balaban J connectivity index is 2.42. The second-order valence-corrected chi connectivity index (χ2v) is 7.34. The van der Waals surface area contributed by atoms with E-state index in [1.807, 2.05) is 19.1 Å². The number of hydrogen-bond acceptors (Lipinski definition) is 2. The Morgan fingerprint density at radius 1 is 1.33 bits per heavy atom. The van der Waals surface area contributed by atoms with Crippen molar-refractivity contribution >= 4 is 0 Å². The number of ether oxygens (including phenoxy) is 1. The van der Waals surface area contributed by atoms with Crippen molar-refractivity contribution in [2.75, 3.05) is 6.54 Å². The lowest BCUT2D eigenvalue weighted by atomic mass is 9.78. The molecule has 1 N–H and O–H groups in total. The number of nitrogens with one attached hydrogen (secondary N) is 1. The molecule has 0 aliphatic carbocycles. The van der Waals surface area contributed by atoms with Crippen molar-refractivity contribution in [3.05, 3.63) is 35.1 Å². The van der Waals surface area contributed by atoms with Gasteiger partial charge in [-0.1, -0.05) is 24.6 Å². The van der Waals surface area contributed by atoms with Crippen molar-refractivity contribution < 1.29 is 9.13 Å². The second kappa shape index (κ2) is 5.69. The normalized spacial score (nSPS) is 25.0. The Kier molecular flexibility index (Phi) is 4.46. The molecule has 2 rings (SSSR count). The highest BCUT2D eigenvalue weighted by Gasteiger charge is 2.49. The van der Waals surface area contributed by atoms with Gasteiger partial charge in [0.15, 0.2) is 0 Å². The van der Waals surface area contributed by atoms with Crippen molar-refractivity contribution in [3.63, 3.8) is 0 Å². The summed E-state index contributed by atoms with van der Waals surface area (Å²) in [6.45, 7) is 13.3. The van der Waals surface area contributed by atoms with E-state index in [1.165, 1.54) is 0 Å². The molecule has 0 spiro atoms. The fourth-order valence-electron chi connectivity index (χ4n) is 3.71. The van der Waals surface area contributed by atoms with Gasteiger partial charge in [-0.05, 0) is 53.7 Å². The molecule has 3 heteroatoms. The molecule has 118 valence electrons. The van der Waals surface area contributed by atoms with Gasteiger partial charge in [0.25, 0.3) is 0 Å². The highest BCUT2D eigenvalue weighted by atomic mass is 19.1. The summed E-state index contributed by atoms with van der Waals surface area (Å²) in [5, 5.41) is 3.48. The minimum absolute atomic E-state index is 0.0216. The molecule has 1 aromatic carbocycles. The molecule has 1 fully saturated rings. The van der Waals surface area contributed by atoms with E-state index in [0.29, 0.717) is 0 Å². The topological polar surface area (TPSA) is 21.3 Å². The van der Waals surface area contributed by atoms with Crippen LogP contribution in [0.25, 0.3) is 0 Å². The summed E-state index contributed by atoms with van der Waals surface area (Å²) in [5.41, 5.74) is 1.41. The molecule has 2 atom stereocenters. The second-order valence-electron chi connectivity index (χ2n) is 7.34. The molecular weight excluding hydrogens is 265 g/mol. The zero-order valence-electron chi connectivity index (χ0n) is 14.1. The summed E-state index contributed by atoms with van der Waals surface area (Å²) in [6.07, 6.45) is 0.922. The van der Waals surface area contributed by atoms with Gasteiger partial charge in [0.2, 0.25) is 0 Å². The summed E-state index contributed by atoms with van der Waals surface area (Å²) in [7, 11) is 0. The third kappa shape index (κ3) is 3.46. The molecule has 0 aromatic heterocycles. The molecule has 1 heterocycles. The van der Waals surface area contributed by atoms with E-state index >= 15 is 0 Å². The van der Waals surface area contributed by atoms with Crippen LogP contribution < -0.4 is 5.32 Å². The predicted molar refractivity (Wildman–Crippen MR) is 84.9 cm³/mol. The van der Waals surface area contributed by atoms with Crippen molar-refractivity contribution in [2.45, 2.75) is 65.2 Å². The number of halogens is 1. The van der Waals surface area contributed by atoms with Gasteiger partial charge in [0.1, 0.15) is 5.82 Å². The number of rotatable bonds is 4. The zero-order valence-corrected chi connectivity index (χ0v) is 14.1. The van der Waals surface area contributed by atoms with E-state index in [4.69, 9.17) is 4.74 Å². The highest BCUT2D eigenvalue weighted by molar-refractivity contribution is 5.28. The molecular formula is C18H28FNO. The number of aryl methyl sites for hydroxylation is 1. The van der Waals surface area contributed by atoms with Gasteiger partial charge in [-0.15, -0.1) is 0 Å². The van der Waals surface area contributed by atoms with Crippen LogP contribution in [0.2, 0.25) is 0 Å². The Morgan fingerprint density at radius 2 is 2.00 bits per heavy atom. The maximum atomic E-state index is 14.4. The van der Waals surface area contributed by atoms with E-state index in [1.54, 1.807) is 6.07 Å². The minimum atomic E-state index is -0.271. The first kappa shape index (κ1) is 16.4. The first-order valence-corrected chi connectivity index (χ1v) is 7.86. The molecule has 1 aliphatic heterocycles. The third-order valence-electron chi connectivity index (χ3n) is 4.46. The number of hydrogen-bond donors (Lipinski definition) is 1. The fourth-order valence-corrected chi connectivity index (χ4v) is 3.71. The lowest BCUT2D eigenvalue weighted by molar-refractivity contribution is -0.0779. The smallest absolute Gasteiger partial charge is 0.128 e. The van der Waals surface area contributed by atoms with Gasteiger partial charge < -0.3 is 10.1 Å². The Morgan fingerprint density at radius 3 is 2.52 bits per heavy atom. The SMILES string of the molecule is CCNC(c1cc(C)ccc1F)C1CC(C)(C)OC1(C)C. The van der Waals surface area contributed by atoms with Crippen molar-refractivity contribution in [1.29, 1.82) is 0 Å². The van der Waals surface area contributed by atoms with Crippen LogP contribution in [0.3, 0.4) is 0 Å². The first-order chi connectivity index (χ1) is 9.66.